The fourth-order valence-electron chi connectivity index (χ4n) is 1.63. The molecule has 1 aliphatic rings. The van der Waals surface area contributed by atoms with E-state index in [9.17, 15) is 13.2 Å². The Morgan fingerprint density at radius 2 is 2.12 bits per heavy atom. The molecule has 2 unspecified atom stereocenters. The number of sulfone groups is 1. The maximum absolute atomic E-state index is 11.7. The molecule has 0 saturated carbocycles. The highest BCUT2D eigenvalue weighted by atomic mass is 32.2. The predicted octanol–water partition coefficient (Wildman–Crippen LogP) is -0.255. The van der Waals surface area contributed by atoms with Gasteiger partial charge in [0.25, 0.3) is 0 Å². The van der Waals surface area contributed by atoms with Crippen molar-refractivity contribution >= 4 is 33.0 Å². The first-order valence-corrected chi connectivity index (χ1v) is 7.28. The van der Waals surface area contributed by atoms with Gasteiger partial charge in [-0.05, 0) is 19.8 Å². The lowest BCUT2D eigenvalue weighted by Gasteiger charge is -2.23. The minimum Gasteiger partial charge on any atom is -0.392 e. The molecular formula is C9H16N2O3S2. The molecule has 2 atom stereocenters. The van der Waals surface area contributed by atoms with E-state index in [1.54, 1.807) is 6.92 Å². The van der Waals surface area contributed by atoms with Gasteiger partial charge in [-0.25, -0.2) is 8.42 Å². The van der Waals surface area contributed by atoms with Crippen molar-refractivity contribution in [1.29, 1.82) is 0 Å². The van der Waals surface area contributed by atoms with Gasteiger partial charge in [0.15, 0.2) is 9.84 Å². The van der Waals surface area contributed by atoms with Gasteiger partial charge in [-0.3, -0.25) is 4.79 Å². The van der Waals surface area contributed by atoms with Crippen LogP contribution in [-0.2, 0) is 14.6 Å². The Kier molecular flexibility index (Phi) is 4.26. The summed E-state index contributed by atoms with van der Waals surface area (Å²) in [5.74, 6) is -0.396. The van der Waals surface area contributed by atoms with Gasteiger partial charge in [-0.2, -0.15) is 0 Å². The maximum Gasteiger partial charge on any atom is 0.238 e. The second-order valence-corrected chi connectivity index (χ2v) is 6.76. The highest BCUT2D eigenvalue weighted by Crippen LogP contribution is 2.19. The molecule has 1 saturated heterocycles. The van der Waals surface area contributed by atoms with Crippen molar-refractivity contribution in [3.8, 4) is 0 Å². The molecule has 1 aliphatic heterocycles. The topological polar surface area (TPSA) is 89.3 Å². The molecule has 0 aromatic rings. The predicted molar refractivity (Wildman–Crippen MR) is 65.8 cm³/mol. The SMILES string of the molecule is CC(NC(=O)C1CCCCS1(=O)=O)C(N)=S. The summed E-state index contributed by atoms with van der Waals surface area (Å²) in [7, 11) is -3.29. The monoisotopic (exact) mass is 264 g/mol. The smallest absolute Gasteiger partial charge is 0.238 e. The van der Waals surface area contributed by atoms with Gasteiger partial charge in [0.2, 0.25) is 5.91 Å². The third-order valence-corrected chi connectivity index (χ3v) is 5.18. The molecule has 0 radical (unpaired) electrons. The van der Waals surface area contributed by atoms with Gasteiger partial charge in [0, 0.05) is 0 Å². The Hall–Kier alpha value is -0.690. The molecule has 1 amide bonds. The number of hydrogen-bond acceptors (Lipinski definition) is 4. The summed E-state index contributed by atoms with van der Waals surface area (Å²) in [5, 5.41) is 1.59. The maximum atomic E-state index is 11.7. The Morgan fingerprint density at radius 1 is 1.50 bits per heavy atom. The van der Waals surface area contributed by atoms with Gasteiger partial charge in [0.1, 0.15) is 5.25 Å². The molecule has 0 aromatic heterocycles. The Labute approximate surface area is 101 Å². The molecule has 1 heterocycles. The molecule has 7 heteroatoms. The van der Waals surface area contributed by atoms with Crippen LogP contribution in [0.2, 0.25) is 0 Å². The molecule has 0 spiro atoms. The summed E-state index contributed by atoms with van der Waals surface area (Å²) in [4.78, 5) is 11.9. The van der Waals surface area contributed by atoms with Crippen molar-refractivity contribution in [3.05, 3.63) is 0 Å². The van der Waals surface area contributed by atoms with Crippen LogP contribution in [0.1, 0.15) is 26.2 Å². The second-order valence-electron chi connectivity index (χ2n) is 3.98. The molecule has 0 aromatic carbocycles. The molecular weight excluding hydrogens is 248 g/mol. The van der Waals surface area contributed by atoms with E-state index in [4.69, 9.17) is 18.0 Å². The van der Waals surface area contributed by atoms with Crippen LogP contribution in [0.15, 0.2) is 0 Å². The van der Waals surface area contributed by atoms with E-state index < -0.39 is 27.0 Å². The highest BCUT2D eigenvalue weighted by molar-refractivity contribution is 7.92. The van der Waals surface area contributed by atoms with Gasteiger partial charge >= 0.3 is 0 Å². The zero-order valence-corrected chi connectivity index (χ0v) is 10.7. The average Bonchev–Trinajstić information content (AvgIpc) is 2.16. The molecule has 92 valence electrons. The standard InChI is InChI=1S/C9H16N2O3S2/c1-6(8(10)15)11-9(12)7-4-2-3-5-16(7,13)14/h6-7H,2-5H2,1H3,(H2,10,15)(H,11,12). The summed E-state index contributed by atoms with van der Waals surface area (Å²) in [6.45, 7) is 1.63. The van der Waals surface area contributed by atoms with Crippen LogP contribution >= 0.6 is 12.2 Å². The summed E-state index contributed by atoms with van der Waals surface area (Å²) in [6.07, 6.45) is 1.79. The Bertz CT molecular complexity index is 392. The first-order valence-electron chi connectivity index (χ1n) is 5.16. The number of carbonyl (C=O) groups excluding carboxylic acids is 1. The lowest BCUT2D eigenvalue weighted by Crippen LogP contribution is -2.49. The zero-order chi connectivity index (χ0) is 12.3. The van der Waals surface area contributed by atoms with Crippen LogP contribution in [0.5, 0.6) is 0 Å². The molecule has 0 bridgehead atoms. The number of thiocarbonyl (C=S) groups is 1. The van der Waals surface area contributed by atoms with E-state index in [2.05, 4.69) is 5.32 Å². The minimum absolute atomic E-state index is 0.0898. The number of hydrogen-bond donors (Lipinski definition) is 2. The quantitative estimate of drug-likeness (QED) is 0.686. The van der Waals surface area contributed by atoms with E-state index in [1.165, 1.54) is 0 Å². The summed E-state index contributed by atoms with van der Waals surface area (Å²) >= 11 is 4.71. The molecule has 0 aliphatic carbocycles. The normalized spacial score (nSPS) is 25.7. The van der Waals surface area contributed by atoms with Crippen LogP contribution in [0.4, 0.5) is 0 Å². The molecule has 5 nitrogen and oxygen atoms in total. The van der Waals surface area contributed by atoms with E-state index in [0.717, 1.165) is 6.42 Å². The van der Waals surface area contributed by atoms with E-state index >= 15 is 0 Å². The van der Waals surface area contributed by atoms with Gasteiger partial charge in [-0.15, -0.1) is 0 Å². The lowest BCUT2D eigenvalue weighted by atomic mass is 10.1. The van der Waals surface area contributed by atoms with Gasteiger partial charge < -0.3 is 11.1 Å². The minimum atomic E-state index is -3.29. The first-order chi connectivity index (χ1) is 7.34. The van der Waals surface area contributed by atoms with E-state index in [-0.39, 0.29) is 10.7 Å². The van der Waals surface area contributed by atoms with Crippen molar-refractivity contribution in [2.24, 2.45) is 5.73 Å². The van der Waals surface area contributed by atoms with E-state index in [1.807, 2.05) is 0 Å². The van der Waals surface area contributed by atoms with E-state index in [0.29, 0.717) is 12.8 Å². The largest absolute Gasteiger partial charge is 0.392 e. The lowest BCUT2D eigenvalue weighted by molar-refractivity contribution is -0.121. The van der Waals surface area contributed by atoms with Crippen molar-refractivity contribution in [2.45, 2.75) is 37.5 Å². The van der Waals surface area contributed by atoms with Crippen LogP contribution < -0.4 is 11.1 Å². The van der Waals surface area contributed by atoms with Crippen molar-refractivity contribution < 1.29 is 13.2 Å². The van der Waals surface area contributed by atoms with Crippen molar-refractivity contribution in [2.75, 3.05) is 5.75 Å². The summed E-state index contributed by atoms with van der Waals surface area (Å²) < 4.78 is 23.3. The second kappa shape index (κ2) is 5.09. The molecule has 16 heavy (non-hydrogen) atoms. The van der Waals surface area contributed by atoms with Crippen LogP contribution in [0, 0.1) is 0 Å². The Balaban J connectivity index is 2.70. The van der Waals surface area contributed by atoms with Crippen molar-refractivity contribution in [1.82, 2.24) is 5.32 Å². The first kappa shape index (κ1) is 13.4. The highest BCUT2D eigenvalue weighted by Gasteiger charge is 2.35. The summed E-state index contributed by atoms with van der Waals surface area (Å²) in [5.41, 5.74) is 5.35. The zero-order valence-electron chi connectivity index (χ0n) is 9.10. The van der Waals surface area contributed by atoms with Gasteiger partial charge in [-0.1, -0.05) is 18.6 Å². The van der Waals surface area contributed by atoms with Crippen LogP contribution in [-0.4, -0.2) is 36.4 Å². The van der Waals surface area contributed by atoms with Gasteiger partial charge in [0.05, 0.1) is 16.8 Å². The van der Waals surface area contributed by atoms with Crippen molar-refractivity contribution in [3.63, 3.8) is 0 Å². The number of carbonyl (C=O) groups is 1. The average molecular weight is 264 g/mol. The fraction of sp³-hybridized carbons (Fsp3) is 0.778. The molecule has 3 N–H and O–H groups in total. The fourth-order valence-corrected chi connectivity index (χ4v) is 3.50. The molecule has 1 fully saturated rings. The number of amides is 1. The summed E-state index contributed by atoms with van der Waals surface area (Å²) in [6, 6.07) is -0.473. The van der Waals surface area contributed by atoms with Crippen LogP contribution in [0.3, 0.4) is 0 Å². The Morgan fingerprint density at radius 3 is 2.62 bits per heavy atom. The van der Waals surface area contributed by atoms with Crippen LogP contribution in [0.25, 0.3) is 0 Å². The molecule has 1 rings (SSSR count). The number of rotatable bonds is 3. The third kappa shape index (κ3) is 3.15. The third-order valence-electron chi connectivity index (χ3n) is 2.66. The number of nitrogens with two attached hydrogens (primary N) is 1. The number of nitrogens with one attached hydrogen (secondary N) is 1.